The first-order valence-electron chi connectivity index (χ1n) is 13.8. The third-order valence-corrected chi connectivity index (χ3v) is 10.4. The number of ether oxygens (including phenoxy) is 1. The van der Waals surface area contributed by atoms with E-state index in [4.69, 9.17) is 4.74 Å². The summed E-state index contributed by atoms with van der Waals surface area (Å²) in [5, 5.41) is 14.7. The van der Waals surface area contributed by atoms with Gasteiger partial charge in [0.05, 0.1) is 25.6 Å². The van der Waals surface area contributed by atoms with Crippen molar-refractivity contribution in [3.63, 3.8) is 0 Å². The summed E-state index contributed by atoms with van der Waals surface area (Å²) in [7, 11) is -2.03. The van der Waals surface area contributed by atoms with Gasteiger partial charge >= 0.3 is 6.03 Å². The molecule has 1 saturated carbocycles. The molecule has 3 atom stereocenters. The summed E-state index contributed by atoms with van der Waals surface area (Å²) >= 11 is 1.12. The topological polar surface area (TPSA) is 128 Å². The maximum atomic E-state index is 13.4. The van der Waals surface area contributed by atoms with Crippen LogP contribution in [0, 0.1) is 5.92 Å². The summed E-state index contributed by atoms with van der Waals surface area (Å²) in [5.74, 6) is 0.107. The Morgan fingerprint density at radius 1 is 1.25 bits per heavy atom. The van der Waals surface area contributed by atoms with Gasteiger partial charge in [-0.05, 0) is 49.4 Å². The number of aliphatic hydroxyl groups excluding tert-OH is 1. The zero-order valence-electron chi connectivity index (χ0n) is 23.3. The van der Waals surface area contributed by atoms with Crippen LogP contribution in [0.5, 0.6) is 5.75 Å². The van der Waals surface area contributed by atoms with Crippen molar-refractivity contribution in [1.82, 2.24) is 15.1 Å². The highest BCUT2D eigenvalue weighted by Gasteiger charge is 2.32. The number of hydrogen-bond donors (Lipinski definition) is 3. The molecule has 40 heavy (non-hydrogen) atoms. The number of benzene rings is 1. The Balaban J connectivity index is 1.58. The predicted molar refractivity (Wildman–Crippen MR) is 155 cm³/mol. The third-order valence-electron chi connectivity index (χ3n) is 7.66. The Bertz CT molecular complexity index is 1260. The van der Waals surface area contributed by atoms with Gasteiger partial charge < -0.3 is 25.0 Å². The van der Waals surface area contributed by atoms with Crippen LogP contribution in [0.25, 0.3) is 0 Å². The van der Waals surface area contributed by atoms with Crippen LogP contribution >= 0.6 is 11.3 Å². The Morgan fingerprint density at radius 3 is 2.67 bits per heavy atom. The van der Waals surface area contributed by atoms with Crippen LogP contribution in [0.1, 0.15) is 51.5 Å². The van der Waals surface area contributed by atoms with Crippen LogP contribution in [0.4, 0.5) is 10.5 Å². The third kappa shape index (κ3) is 7.46. The Kier molecular flexibility index (Phi) is 9.96. The zero-order chi connectivity index (χ0) is 28.9. The number of rotatable bonds is 8. The van der Waals surface area contributed by atoms with Crippen LogP contribution in [-0.4, -0.2) is 80.2 Å². The standard InChI is InChI=1S/C28H40N4O6S2/c1-19-16-32(20(2)18-33)26(34)15-21-14-23(30-40(36,37)27-10-7-13-39-27)11-12-24(21)38-25(19)17-31(3)28(35)29-22-8-5-4-6-9-22/h7,10-14,19-20,22,25,30,33H,4-6,8-9,15-18H2,1-3H3,(H,29,35)/t19-,20-,25+/m1/s1. The highest BCUT2D eigenvalue weighted by atomic mass is 32.2. The molecule has 1 aliphatic carbocycles. The molecule has 220 valence electrons. The van der Waals surface area contributed by atoms with Crippen LogP contribution in [0.3, 0.4) is 0 Å². The van der Waals surface area contributed by atoms with E-state index in [2.05, 4.69) is 10.0 Å². The Hall–Kier alpha value is -2.83. The van der Waals surface area contributed by atoms with Crippen LogP contribution in [0.15, 0.2) is 39.9 Å². The van der Waals surface area contributed by atoms with Gasteiger partial charge in [-0.1, -0.05) is 32.3 Å². The second kappa shape index (κ2) is 13.2. The van der Waals surface area contributed by atoms with Gasteiger partial charge in [-0.25, -0.2) is 13.2 Å². The number of fused-ring (bicyclic) bond motifs is 1. The quantitative estimate of drug-likeness (QED) is 0.429. The summed E-state index contributed by atoms with van der Waals surface area (Å²) in [6.07, 6.45) is 4.93. The molecule has 0 radical (unpaired) electrons. The molecule has 1 fully saturated rings. The molecular weight excluding hydrogens is 552 g/mol. The van der Waals surface area contributed by atoms with Crippen molar-refractivity contribution < 1.29 is 27.9 Å². The normalized spacial score (nSPS) is 21.3. The van der Waals surface area contributed by atoms with E-state index in [0.717, 1.165) is 37.0 Å². The molecule has 2 aliphatic rings. The minimum absolute atomic E-state index is 0.0221. The van der Waals surface area contributed by atoms with Crippen molar-refractivity contribution in [2.24, 2.45) is 5.92 Å². The molecule has 10 nitrogen and oxygen atoms in total. The summed E-state index contributed by atoms with van der Waals surface area (Å²) < 4.78 is 34.8. The maximum absolute atomic E-state index is 13.4. The number of likely N-dealkylation sites (N-methyl/N-ethyl adjacent to an activating group) is 1. The number of urea groups is 1. The van der Waals surface area contributed by atoms with Gasteiger partial charge in [0.1, 0.15) is 16.1 Å². The van der Waals surface area contributed by atoms with E-state index >= 15 is 0 Å². The predicted octanol–water partition coefficient (Wildman–Crippen LogP) is 3.67. The molecule has 1 aromatic carbocycles. The fraction of sp³-hybridized carbons (Fsp3) is 0.571. The van der Waals surface area contributed by atoms with E-state index in [9.17, 15) is 23.1 Å². The maximum Gasteiger partial charge on any atom is 0.317 e. The first-order valence-corrected chi connectivity index (χ1v) is 16.2. The van der Waals surface area contributed by atoms with Crippen LogP contribution in [0.2, 0.25) is 0 Å². The van der Waals surface area contributed by atoms with Gasteiger partial charge in [0.2, 0.25) is 5.91 Å². The van der Waals surface area contributed by atoms with Crippen molar-refractivity contribution >= 4 is 39.0 Å². The average Bonchev–Trinajstić information content (AvgIpc) is 3.49. The lowest BCUT2D eigenvalue weighted by Crippen LogP contribution is -2.50. The summed E-state index contributed by atoms with van der Waals surface area (Å²) in [6.45, 7) is 4.20. The van der Waals surface area contributed by atoms with Crippen LogP contribution in [-0.2, 0) is 21.2 Å². The van der Waals surface area contributed by atoms with E-state index in [0.29, 0.717) is 30.1 Å². The molecule has 2 heterocycles. The first kappa shape index (κ1) is 30.1. The van der Waals surface area contributed by atoms with Gasteiger partial charge in [0.15, 0.2) is 0 Å². The lowest BCUT2D eigenvalue weighted by atomic mass is 9.96. The number of sulfonamides is 1. The van der Waals surface area contributed by atoms with Crippen molar-refractivity contribution in [3.05, 3.63) is 41.3 Å². The highest BCUT2D eigenvalue weighted by Crippen LogP contribution is 2.30. The van der Waals surface area contributed by atoms with Crippen molar-refractivity contribution in [1.29, 1.82) is 0 Å². The Morgan fingerprint density at radius 2 is 2.00 bits per heavy atom. The zero-order valence-corrected chi connectivity index (χ0v) is 25.0. The molecule has 0 bridgehead atoms. The lowest BCUT2D eigenvalue weighted by molar-refractivity contribution is -0.134. The largest absolute Gasteiger partial charge is 0.488 e. The molecule has 2 aromatic rings. The second-order valence-corrected chi connectivity index (χ2v) is 13.8. The molecular formula is C28H40N4O6S2. The summed E-state index contributed by atoms with van der Waals surface area (Å²) in [4.78, 5) is 29.7. The number of thiophene rings is 1. The second-order valence-electron chi connectivity index (χ2n) is 10.9. The number of aliphatic hydroxyl groups is 1. The minimum atomic E-state index is -3.77. The molecule has 0 spiro atoms. The SMILES string of the molecule is C[C@@H]1CN([C@H](C)CO)C(=O)Cc2cc(NS(=O)(=O)c3cccs3)ccc2O[C@H]1CN(C)C(=O)NC1CCCCC1. The van der Waals surface area contributed by atoms with Crippen molar-refractivity contribution in [2.75, 3.05) is 31.5 Å². The molecule has 4 rings (SSSR count). The summed E-state index contributed by atoms with van der Waals surface area (Å²) in [5.41, 5.74) is 0.845. The molecule has 0 saturated heterocycles. The van der Waals surface area contributed by atoms with E-state index in [1.807, 2.05) is 6.92 Å². The molecule has 1 aromatic heterocycles. The monoisotopic (exact) mass is 592 g/mol. The number of amides is 3. The number of carbonyl (C=O) groups excluding carboxylic acids is 2. The van der Waals surface area contributed by atoms with Gasteiger partial charge in [-0.15, -0.1) is 11.3 Å². The lowest BCUT2D eigenvalue weighted by Gasteiger charge is -2.34. The highest BCUT2D eigenvalue weighted by molar-refractivity contribution is 7.94. The molecule has 0 unspecified atom stereocenters. The number of hydrogen-bond acceptors (Lipinski definition) is 7. The van der Waals surface area contributed by atoms with Gasteiger partial charge in [-0.3, -0.25) is 9.52 Å². The van der Waals surface area contributed by atoms with E-state index in [-0.39, 0.29) is 41.1 Å². The molecule has 1 aliphatic heterocycles. The first-order chi connectivity index (χ1) is 19.1. The summed E-state index contributed by atoms with van der Waals surface area (Å²) in [6, 6.07) is 7.70. The number of nitrogens with zero attached hydrogens (tertiary/aromatic N) is 2. The van der Waals surface area contributed by atoms with Crippen molar-refractivity contribution in [3.8, 4) is 5.75 Å². The smallest absolute Gasteiger partial charge is 0.317 e. The fourth-order valence-corrected chi connectivity index (χ4v) is 7.26. The van der Waals surface area contributed by atoms with Crippen LogP contribution < -0.4 is 14.8 Å². The van der Waals surface area contributed by atoms with Gasteiger partial charge in [0, 0.05) is 36.8 Å². The van der Waals surface area contributed by atoms with E-state index in [1.54, 1.807) is 53.4 Å². The van der Waals surface area contributed by atoms with E-state index < -0.39 is 22.2 Å². The number of nitrogens with one attached hydrogen (secondary N) is 2. The minimum Gasteiger partial charge on any atom is -0.488 e. The van der Waals surface area contributed by atoms with Gasteiger partial charge in [0.25, 0.3) is 10.0 Å². The molecule has 3 amide bonds. The van der Waals surface area contributed by atoms with Gasteiger partial charge in [-0.2, -0.15) is 0 Å². The number of anilines is 1. The number of carbonyl (C=O) groups is 2. The molecule has 12 heteroatoms. The van der Waals surface area contributed by atoms with E-state index in [1.165, 1.54) is 12.5 Å². The fourth-order valence-electron chi connectivity index (χ4n) is 5.22. The average molecular weight is 593 g/mol. The molecule has 3 N–H and O–H groups in total. The Labute approximate surface area is 240 Å². The van der Waals surface area contributed by atoms with Crippen molar-refractivity contribution in [2.45, 2.75) is 74.8 Å².